The van der Waals surface area contributed by atoms with Gasteiger partial charge in [-0.25, -0.2) is 0 Å². The van der Waals surface area contributed by atoms with Crippen molar-refractivity contribution < 1.29 is 4.84 Å². The van der Waals surface area contributed by atoms with E-state index in [9.17, 15) is 0 Å². The summed E-state index contributed by atoms with van der Waals surface area (Å²) in [6.45, 7) is 0. The van der Waals surface area contributed by atoms with Gasteiger partial charge in [-0.05, 0) is 34.3 Å². The van der Waals surface area contributed by atoms with Crippen LogP contribution in [0.5, 0.6) is 0 Å². The Morgan fingerprint density at radius 3 is 2.00 bits per heavy atom. The third kappa shape index (κ3) is 3.23. The van der Waals surface area contributed by atoms with E-state index in [4.69, 9.17) is 22.5 Å². The second-order valence-corrected chi connectivity index (χ2v) is 8.76. The smallest absolute Gasteiger partial charge is 0.206 e. The Bertz CT molecular complexity index is 115. The Morgan fingerprint density at radius 2 is 2.00 bits per heavy atom. The first-order valence-electron chi connectivity index (χ1n) is 1.76. The normalized spacial score (nSPS) is 12.6. The van der Waals surface area contributed by atoms with Crippen molar-refractivity contribution in [1.82, 2.24) is 4.83 Å². The Labute approximate surface area is 63.3 Å². The van der Waals surface area contributed by atoms with Crippen molar-refractivity contribution in [2.24, 2.45) is 0 Å². The van der Waals surface area contributed by atoms with E-state index in [2.05, 4.69) is 16.6 Å². The lowest BCUT2D eigenvalue weighted by molar-refractivity contribution is -0.0188. The SMILES string of the molecule is CON(C)P(=S)(Cl)Cl. The first kappa shape index (κ1) is 9.15. The topological polar surface area (TPSA) is 12.5 Å². The van der Waals surface area contributed by atoms with Gasteiger partial charge >= 0.3 is 0 Å². The zero-order valence-corrected chi connectivity index (χ0v) is 7.69. The van der Waals surface area contributed by atoms with E-state index in [0.29, 0.717) is 0 Å². The van der Waals surface area contributed by atoms with Crippen LogP contribution in [-0.2, 0) is 16.6 Å². The molecule has 0 unspecified atom stereocenters. The van der Waals surface area contributed by atoms with Crippen LogP contribution in [0.1, 0.15) is 0 Å². The minimum absolute atomic E-state index is 1.27. The lowest BCUT2D eigenvalue weighted by atomic mass is 11.5. The first-order chi connectivity index (χ1) is 3.48. The molecule has 0 aromatic carbocycles. The van der Waals surface area contributed by atoms with Crippen LogP contribution in [0.2, 0.25) is 0 Å². The average Bonchev–Trinajstić information content (AvgIpc) is 1.62. The summed E-state index contributed by atoms with van der Waals surface area (Å²) in [4.78, 5) is 3.53. The Kier molecular flexibility index (Phi) is 3.83. The molecule has 0 spiro atoms. The average molecular weight is 194 g/mol. The van der Waals surface area contributed by atoms with Crippen molar-refractivity contribution in [3.05, 3.63) is 0 Å². The maximum atomic E-state index is 5.48. The maximum Gasteiger partial charge on any atom is 0.206 e. The molecular formula is C2H6Cl2NOPS. The molecule has 0 N–H and O–H groups in total. The van der Waals surface area contributed by atoms with Gasteiger partial charge in [0.2, 0.25) is 4.89 Å². The molecule has 0 atom stereocenters. The van der Waals surface area contributed by atoms with Gasteiger partial charge in [-0.2, -0.15) is 0 Å². The van der Waals surface area contributed by atoms with Crippen LogP contribution in [0, 0.1) is 0 Å². The summed E-state index contributed by atoms with van der Waals surface area (Å²) < 4.78 is 0. The summed E-state index contributed by atoms with van der Waals surface area (Å²) in [7, 11) is 3.06. The van der Waals surface area contributed by atoms with Crippen LogP contribution in [0.25, 0.3) is 0 Å². The van der Waals surface area contributed by atoms with Crippen molar-refractivity contribution in [2.45, 2.75) is 0 Å². The maximum absolute atomic E-state index is 5.48. The second kappa shape index (κ2) is 3.35. The fraction of sp³-hybridized carbons (Fsp3) is 1.00. The Hall–Kier alpha value is 1.15. The predicted molar refractivity (Wildman–Crippen MR) is 40.8 cm³/mol. The standard InChI is InChI=1S/C2H6Cl2NOPS/c1-5(6-2)7(3,4)8/h1-2H3. The molecule has 0 aromatic heterocycles. The van der Waals surface area contributed by atoms with Gasteiger partial charge in [0.05, 0.1) is 7.11 Å². The molecule has 0 aliphatic rings. The van der Waals surface area contributed by atoms with Gasteiger partial charge in [-0.3, -0.25) is 4.84 Å². The third-order valence-electron chi connectivity index (χ3n) is 0.592. The van der Waals surface area contributed by atoms with Crippen molar-refractivity contribution in [3.8, 4) is 0 Å². The molecule has 8 heavy (non-hydrogen) atoms. The molecule has 2 nitrogen and oxygen atoms in total. The number of rotatable bonds is 2. The van der Waals surface area contributed by atoms with Gasteiger partial charge in [0.1, 0.15) is 0 Å². The number of halogens is 2. The van der Waals surface area contributed by atoms with Gasteiger partial charge in [-0.1, -0.05) is 0 Å². The summed E-state index contributed by atoms with van der Waals surface area (Å²) in [6.07, 6.45) is 0. The minimum atomic E-state index is -2.37. The predicted octanol–water partition coefficient (Wildman–Crippen LogP) is 2.18. The molecule has 50 valence electrons. The molecule has 0 amide bonds. The third-order valence-corrected chi connectivity index (χ3v) is 3.38. The van der Waals surface area contributed by atoms with Crippen molar-refractivity contribution in [1.29, 1.82) is 0 Å². The quantitative estimate of drug-likeness (QED) is 0.493. The Morgan fingerprint density at radius 1 is 1.62 bits per heavy atom. The highest BCUT2D eigenvalue weighted by atomic mass is 35.9. The van der Waals surface area contributed by atoms with Crippen LogP contribution in [-0.4, -0.2) is 19.0 Å². The van der Waals surface area contributed by atoms with Gasteiger partial charge in [0.25, 0.3) is 0 Å². The van der Waals surface area contributed by atoms with E-state index in [-0.39, 0.29) is 0 Å². The lowest BCUT2D eigenvalue weighted by Crippen LogP contribution is -2.06. The molecular weight excluding hydrogens is 188 g/mol. The van der Waals surface area contributed by atoms with E-state index in [1.165, 1.54) is 11.9 Å². The van der Waals surface area contributed by atoms with E-state index >= 15 is 0 Å². The summed E-state index contributed by atoms with van der Waals surface area (Å²) in [5, 5.41) is 0. The molecule has 6 heteroatoms. The summed E-state index contributed by atoms with van der Waals surface area (Å²) >= 11 is 15.6. The number of hydroxylamine groups is 1. The molecule has 0 saturated heterocycles. The highest BCUT2D eigenvalue weighted by Gasteiger charge is 2.14. The van der Waals surface area contributed by atoms with E-state index in [0.717, 1.165) is 0 Å². The van der Waals surface area contributed by atoms with Crippen molar-refractivity contribution in [2.75, 3.05) is 14.2 Å². The molecule has 0 aromatic rings. The van der Waals surface area contributed by atoms with Crippen LogP contribution >= 0.6 is 27.4 Å². The second-order valence-electron chi connectivity index (χ2n) is 1.08. The van der Waals surface area contributed by atoms with Crippen LogP contribution < -0.4 is 0 Å². The Balaban J connectivity index is 3.82. The lowest BCUT2D eigenvalue weighted by Gasteiger charge is -2.15. The van der Waals surface area contributed by atoms with Gasteiger partial charge in [0, 0.05) is 7.05 Å². The molecule has 0 aliphatic heterocycles. The van der Waals surface area contributed by atoms with Gasteiger partial charge < -0.3 is 0 Å². The highest BCUT2D eigenvalue weighted by Crippen LogP contribution is 2.59. The fourth-order valence-corrected chi connectivity index (χ4v) is 0.855. The number of hydrogen-bond acceptors (Lipinski definition) is 2. The van der Waals surface area contributed by atoms with Gasteiger partial charge in [-0.15, -0.1) is 4.83 Å². The van der Waals surface area contributed by atoms with Crippen LogP contribution in [0.15, 0.2) is 0 Å². The molecule has 0 fully saturated rings. The zero-order chi connectivity index (χ0) is 6.78. The summed E-state index contributed by atoms with van der Waals surface area (Å²) in [5.41, 5.74) is 0. The highest BCUT2D eigenvalue weighted by molar-refractivity contribution is 8.37. The molecule has 0 rings (SSSR count). The molecule has 0 aliphatic carbocycles. The van der Waals surface area contributed by atoms with E-state index in [1.54, 1.807) is 7.05 Å². The zero-order valence-electron chi connectivity index (χ0n) is 4.47. The first-order valence-corrected chi connectivity index (χ1v) is 6.32. The summed E-state index contributed by atoms with van der Waals surface area (Å²) in [6, 6.07) is 0. The van der Waals surface area contributed by atoms with E-state index < -0.39 is 4.89 Å². The largest absolute Gasteiger partial charge is 0.296 e. The number of nitrogens with zero attached hydrogens (tertiary/aromatic N) is 1. The van der Waals surface area contributed by atoms with Crippen LogP contribution in [0.4, 0.5) is 0 Å². The monoisotopic (exact) mass is 193 g/mol. The minimum Gasteiger partial charge on any atom is -0.296 e. The van der Waals surface area contributed by atoms with E-state index in [1.807, 2.05) is 0 Å². The van der Waals surface area contributed by atoms with Gasteiger partial charge in [0.15, 0.2) is 0 Å². The molecule has 0 heterocycles. The van der Waals surface area contributed by atoms with Crippen LogP contribution in [0.3, 0.4) is 0 Å². The fourth-order valence-electron chi connectivity index (χ4n) is 0.0951. The molecule has 0 radical (unpaired) electrons. The van der Waals surface area contributed by atoms with Crippen molar-refractivity contribution in [3.63, 3.8) is 0 Å². The summed E-state index contributed by atoms with van der Waals surface area (Å²) in [5.74, 6) is 0. The molecule has 0 bridgehead atoms. The van der Waals surface area contributed by atoms with Crippen molar-refractivity contribution >= 4 is 39.2 Å². The number of hydrogen-bond donors (Lipinski definition) is 0. The molecule has 0 saturated carbocycles.